The van der Waals surface area contributed by atoms with E-state index in [1.54, 1.807) is 6.08 Å². The van der Waals surface area contributed by atoms with E-state index in [9.17, 15) is 0 Å². The molecule has 9 heavy (non-hydrogen) atoms. The maximum absolute atomic E-state index is 8.98. The van der Waals surface area contributed by atoms with Crippen molar-refractivity contribution in [2.75, 3.05) is 20.1 Å². The fourth-order valence-corrected chi connectivity index (χ4v) is 0.480. The second-order valence-electron chi connectivity index (χ2n) is 2.11. The van der Waals surface area contributed by atoms with Gasteiger partial charge in [0, 0.05) is 0 Å². The van der Waals surface area contributed by atoms with Crippen LogP contribution in [-0.2, 0) is 0 Å². The maximum Gasteiger partial charge on any atom is 0.102 e. The molecule has 2 heteroatoms. The average Bonchev–Trinajstić information content (AvgIpc) is 1.87. The summed E-state index contributed by atoms with van der Waals surface area (Å²) in [6.07, 6.45) is 1.71. The van der Waals surface area contributed by atoms with Crippen LogP contribution >= 0.6 is 0 Å². The van der Waals surface area contributed by atoms with Gasteiger partial charge in [0.2, 0.25) is 0 Å². The predicted molar refractivity (Wildman–Crippen MR) is 39.6 cm³/mol. The first-order valence-corrected chi connectivity index (χ1v) is 3.23. The highest BCUT2D eigenvalue weighted by atomic mass is 16.3. The topological polar surface area (TPSA) is 23.5 Å². The van der Waals surface area contributed by atoms with E-state index < -0.39 is 0 Å². The molecular weight excluding hydrogens is 114 g/mol. The van der Waals surface area contributed by atoms with Crippen LogP contribution in [0.1, 0.15) is 13.8 Å². The number of hydrogen-bond donors (Lipinski definition) is 1. The molecule has 54 valence electrons. The molecule has 0 amide bonds. The van der Waals surface area contributed by atoms with Crippen molar-refractivity contribution in [2.24, 2.45) is 0 Å². The Morgan fingerprint density at radius 2 is 2.22 bits per heavy atom. The van der Waals surface area contributed by atoms with Crippen LogP contribution in [0, 0.1) is 0 Å². The van der Waals surface area contributed by atoms with Crippen molar-refractivity contribution in [3.63, 3.8) is 0 Å². The van der Waals surface area contributed by atoms with Gasteiger partial charge in [-0.05, 0) is 26.6 Å². The number of allylic oxidation sites excluding steroid dienone is 1. The molecule has 0 unspecified atom stereocenters. The molecule has 0 aromatic heterocycles. The molecule has 0 aromatic carbocycles. The minimum absolute atomic E-state index is 0.444. The molecule has 0 bridgehead atoms. The van der Waals surface area contributed by atoms with Crippen molar-refractivity contribution in [1.29, 1.82) is 0 Å². The van der Waals surface area contributed by atoms with Gasteiger partial charge < -0.3 is 5.11 Å². The standard InChI is InChI=1S/C7H15NO/c1-4-7(9)6-8(3)5-2/h4,9H,5-6H2,1-3H3/b7-4+. The molecule has 0 atom stereocenters. The van der Waals surface area contributed by atoms with Crippen LogP contribution in [-0.4, -0.2) is 30.1 Å². The van der Waals surface area contributed by atoms with Gasteiger partial charge in [-0.3, -0.25) is 4.90 Å². The summed E-state index contributed by atoms with van der Waals surface area (Å²) in [5.41, 5.74) is 0. The van der Waals surface area contributed by atoms with Crippen molar-refractivity contribution in [3.05, 3.63) is 11.8 Å². The van der Waals surface area contributed by atoms with Crippen molar-refractivity contribution in [1.82, 2.24) is 4.90 Å². The van der Waals surface area contributed by atoms with E-state index in [4.69, 9.17) is 5.11 Å². The Hall–Kier alpha value is -0.500. The van der Waals surface area contributed by atoms with Gasteiger partial charge >= 0.3 is 0 Å². The Labute approximate surface area is 56.8 Å². The van der Waals surface area contributed by atoms with Crippen molar-refractivity contribution in [3.8, 4) is 0 Å². The molecule has 0 spiro atoms. The molecule has 0 saturated carbocycles. The van der Waals surface area contributed by atoms with Crippen LogP contribution in [0.4, 0.5) is 0 Å². The Kier molecular flexibility index (Phi) is 4.14. The minimum atomic E-state index is 0.444. The van der Waals surface area contributed by atoms with E-state index in [1.165, 1.54) is 0 Å². The lowest BCUT2D eigenvalue weighted by Crippen LogP contribution is -2.20. The number of nitrogens with zero attached hydrogens (tertiary/aromatic N) is 1. The molecule has 2 nitrogen and oxygen atoms in total. The first-order chi connectivity index (χ1) is 4.20. The van der Waals surface area contributed by atoms with Crippen LogP contribution in [0.2, 0.25) is 0 Å². The van der Waals surface area contributed by atoms with Gasteiger partial charge in [0.25, 0.3) is 0 Å². The Balaban J connectivity index is 3.47. The summed E-state index contributed by atoms with van der Waals surface area (Å²) in [6.45, 7) is 5.52. The fraction of sp³-hybridized carbons (Fsp3) is 0.714. The second kappa shape index (κ2) is 4.39. The van der Waals surface area contributed by atoms with Crippen LogP contribution in [0.15, 0.2) is 11.8 Å². The number of rotatable bonds is 3. The molecule has 0 aliphatic carbocycles. The SMILES string of the molecule is C/C=C(/O)CN(C)CC. The quantitative estimate of drug-likeness (QED) is 0.582. The largest absolute Gasteiger partial charge is 0.511 e. The summed E-state index contributed by atoms with van der Waals surface area (Å²) in [5.74, 6) is 0.444. The highest BCUT2D eigenvalue weighted by molar-refractivity contribution is 4.89. The molecular formula is C7H15NO. The zero-order valence-corrected chi connectivity index (χ0v) is 6.39. The molecule has 0 aliphatic rings. The summed E-state index contributed by atoms with van der Waals surface area (Å²) in [7, 11) is 1.97. The number of aliphatic hydroxyl groups is 1. The van der Waals surface area contributed by atoms with Crippen LogP contribution in [0.25, 0.3) is 0 Å². The van der Waals surface area contributed by atoms with Crippen LogP contribution in [0.5, 0.6) is 0 Å². The van der Waals surface area contributed by atoms with Gasteiger partial charge in [-0.2, -0.15) is 0 Å². The maximum atomic E-state index is 8.98. The first kappa shape index (κ1) is 8.50. The molecule has 0 saturated heterocycles. The molecule has 1 N–H and O–H groups in total. The van der Waals surface area contributed by atoms with Crippen molar-refractivity contribution < 1.29 is 5.11 Å². The third kappa shape index (κ3) is 4.03. The molecule has 0 heterocycles. The van der Waals surface area contributed by atoms with Gasteiger partial charge in [0.05, 0.1) is 6.54 Å². The summed E-state index contributed by atoms with van der Waals surface area (Å²) < 4.78 is 0. The number of likely N-dealkylation sites (N-methyl/N-ethyl adjacent to an activating group) is 1. The normalized spacial score (nSPS) is 12.7. The van der Waals surface area contributed by atoms with Crippen molar-refractivity contribution in [2.45, 2.75) is 13.8 Å². The summed E-state index contributed by atoms with van der Waals surface area (Å²) in [4.78, 5) is 2.04. The van der Waals surface area contributed by atoms with E-state index in [-0.39, 0.29) is 0 Å². The van der Waals surface area contributed by atoms with Crippen molar-refractivity contribution >= 4 is 0 Å². The summed E-state index contributed by atoms with van der Waals surface area (Å²) in [5, 5.41) is 8.98. The van der Waals surface area contributed by atoms with Gasteiger partial charge in [-0.25, -0.2) is 0 Å². The molecule has 0 aliphatic heterocycles. The van der Waals surface area contributed by atoms with E-state index >= 15 is 0 Å². The number of aliphatic hydroxyl groups excluding tert-OH is 1. The first-order valence-electron chi connectivity index (χ1n) is 3.23. The molecule has 0 fully saturated rings. The third-order valence-corrected chi connectivity index (χ3v) is 1.30. The van der Waals surface area contributed by atoms with Gasteiger partial charge in [-0.1, -0.05) is 6.92 Å². The Morgan fingerprint density at radius 1 is 1.67 bits per heavy atom. The summed E-state index contributed by atoms with van der Waals surface area (Å²) >= 11 is 0. The highest BCUT2D eigenvalue weighted by Gasteiger charge is 1.94. The van der Waals surface area contributed by atoms with Gasteiger partial charge in [0.15, 0.2) is 0 Å². The van der Waals surface area contributed by atoms with E-state index in [0.717, 1.165) is 6.54 Å². The highest BCUT2D eigenvalue weighted by Crippen LogP contribution is 1.90. The van der Waals surface area contributed by atoms with Crippen LogP contribution in [0.3, 0.4) is 0 Å². The zero-order chi connectivity index (χ0) is 7.28. The minimum Gasteiger partial charge on any atom is -0.511 e. The smallest absolute Gasteiger partial charge is 0.102 e. The lowest BCUT2D eigenvalue weighted by Gasteiger charge is -2.11. The Morgan fingerprint density at radius 3 is 2.56 bits per heavy atom. The van der Waals surface area contributed by atoms with Crippen LogP contribution < -0.4 is 0 Å². The third-order valence-electron chi connectivity index (χ3n) is 1.30. The lowest BCUT2D eigenvalue weighted by molar-refractivity contribution is 0.298. The predicted octanol–water partition coefficient (Wildman–Crippen LogP) is 1.40. The number of hydrogen-bond acceptors (Lipinski definition) is 2. The monoisotopic (exact) mass is 129 g/mol. The summed E-state index contributed by atoms with van der Waals surface area (Å²) in [6, 6.07) is 0. The molecule has 0 radical (unpaired) electrons. The fourth-order valence-electron chi connectivity index (χ4n) is 0.480. The second-order valence-corrected chi connectivity index (χ2v) is 2.11. The molecule has 0 aromatic rings. The average molecular weight is 129 g/mol. The van der Waals surface area contributed by atoms with E-state index in [2.05, 4.69) is 6.92 Å². The van der Waals surface area contributed by atoms with Gasteiger partial charge in [-0.15, -0.1) is 0 Å². The Bertz CT molecular complexity index is 99.1. The van der Waals surface area contributed by atoms with E-state index in [1.807, 2.05) is 18.9 Å². The van der Waals surface area contributed by atoms with Gasteiger partial charge in [0.1, 0.15) is 5.76 Å². The van der Waals surface area contributed by atoms with E-state index in [0.29, 0.717) is 12.3 Å². The lowest BCUT2D eigenvalue weighted by atomic mass is 10.4. The molecule has 0 rings (SSSR count). The zero-order valence-electron chi connectivity index (χ0n) is 6.39.